The average molecular weight is 242 g/mol. The molecular weight excluding hydrogens is 224 g/mol. The lowest BCUT2D eigenvalue weighted by Gasteiger charge is -2.17. The Morgan fingerprint density at radius 1 is 1.33 bits per heavy atom. The summed E-state index contributed by atoms with van der Waals surface area (Å²) in [7, 11) is 0. The van der Waals surface area contributed by atoms with Crippen LogP contribution in [0.1, 0.15) is 49.1 Å². The van der Waals surface area contributed by atoms with Crippen molar-refractivity contribution in [3.05, 3.63) is 35.4 Å². The van der Waals surface area contributed by atoms with Gasteiger partial charge in [-0.2, -0.15) is 0 Å². The van der Waals surface area contributed by atoms with Gasteiger partial charge in [-0.05, 0) is 30.0 Å². The van der Waals surface area contributed by atoms with E-state index in [-0.39, 0.29) is 5.92 Å². The first-order chi connectivity index (χ1) is 8.70. The van der Waals surface area contributed by atoms with Gasteiger partial charge in [-0.25, -0.2) is 0 Å². The van der Waals surface area contributed by atoms with Crippen molar-refractivity contribution in [3.8, 4) is 12.3 Å². The fourth-order valence-electron chi connectivity index (χ4n) is 2.77. The van der Waals surface area contributed by atoms with Crippen LogP contribution in [0.25, 0.3) is 0 Å². The number of terminal acetylenes is 1. The van der Waals surface area contributed by atoms with E-state index in [0.29, 0.717) is 5.92 Å². The van der Waals surface area contributed by atoms with E-state index in [9.17, 15) is 9.90 Å². The summed E-state index contributed by atoms with van der Waals surface area (Å²) in [5.41, 5.74) is 1.66. The summed E-state index contributed by atoms with van der Waals surface area (Å²) in [6.07, 6.45) is 10.9. The molecule has 0 aliphatic heterocycles. The average Bonchev–Trinajstić information content (AvgIpc) is 2.89. The summed E-state index contributed by atoms with van der Waals surface area (Å²) in [4.78, 5) is 11.4. The number of carboxylic acid groups (broad SMARTS) is 1. The fraction of sp³-hybridized carbons (Fsp3) is 0.438. The quantitative estimate of drug-likeness (QED) is 0.821. The van der Waals surface area contributed by atoms with Gasteiger partial charge in [0.25, 0.3) is 0 Å². The highest BCUT2D eigenvalue weighted by atomic mass is 16.4. The lowest BCUT2D eigenvalue weighted by atomic mass is 9.87. The van der Waals surface area contributed by atoms with E-state index in [1.54, 1.807) is 0 Å². The first-order valence-corrected chi connectivity index (χ1v) is 6.50. The zero-order valence-corrected chi connectivity index (χ0v) is 10.4. The van der Waals surface area contributed by atoms with Crippen LogP contribution in [0.4, 0.5) is 0 Å². The number of carbonyl (C=O) groups is 1. The summed E-state index contributed by atoms with van der Waals surface area (Å²) in [5, 5.41) is 9.37. The van der Waals surface area contributed by atoms with E-state index >= 15 is 0 Å². The molecule has 1 aliphatic carbocycles. The van der Waals surface area contributed by atoms with Crippen molar-refractivity contribution in [2.24, 2.45) is 5.92 Å². The van der Waals surface area contributed by atoms with E-state index in [1.165, 1.54) is 25.7 Å². The number of carboxylic acids is 1. The maximum atomic E-state index is 11.4. The summed E-state index contributed by atoms with van der Waals surface area (Å²) in [6, 6.07) is 7.34. The Bertz CT molecular complexity index is 447. The topological polar surface area (TPSA) is 37.3 Å². The van der Waals surface area contributed by atoms with Crippen LogP contribution in [0.2, 0.25) is 0 Å². The Labute approximate surface area is 108 Å². The summed E-state index contributed by atoms with van der Waals surface area (Å²) < 4.78 is 0. The maximum absolute atomic E-state index is 11.4. The van der Waals surface area contributed by atoms with Crippen LogP contribution in [0, 0.1) is 18.3 Å². The molecule has 18 heavy (non-hydrogen) atoms. The van der Waals surface area contributed by atoms with E-state index in [2.05, 4.69) is 5.92 Å². The zero-order valence-electron chi connectivity index (χ0n) is 10.4. The van der Waals surface area contributed by atoms with Crippen molar-refractivity contribution in [1.82, 2.24) is 0 Å². The first-order valence-electron chi connectivity index (χ1n) is 6.50. The van der Waals surface area contributed by atoms with Gasteiger partial charge < -0.3 is 5.11 Å². The summed E-state index contributed by atoms with van der Waals surface area (Å²) in [6.45, 7) is 0. The predicted molar refractivity (Wildman–Crippen MR) is 71.3 cm³/mol. The highest BCUT2D eigenvalue weighted by Gasteiger charge is 2.26. The molecule has 2 nitrogen and oxygen atoms in total. The molecule has 0 amide bonds. The maximum Gasteiger partial charge on any atom is 0.310 e. The number of hydrogen-bond acceptors (Lipinski definition) is 1. The molecule has 2 heteroatoms. The standard InChI is InChI=1S/C16H18O2/c1-2-12-7-9-14(10-8-12)15(16(17)18)11-13-5-3-4-6-13/h1,7-10,13,15H,3-6,11H2,(H,17,18). The van der Waals surface area contributed by atoms with Gasteiger partial charge in [0.05, 0.1) is 5.92 Å². The van der Waals surface area contributed by atoms with Gasteiger partial charge in [-0.1, -0.05) is 43.7 Å². The largest absolute Gasteiger partial charge is 0.481 e. The molecule has 0 aromatic heterocycles. The molecule has 1 aromatic carbocycles. The highest BCUT2D eigenvalue weighted by molar-refractivity contribution is 5.76. The van der Waals surface area contributed by atoms with Crippen LogP contribution in [-0.2, 0) is 4.79 Å². The molecule has 94 valence electrons. The summed E-state index contributed by atoms with van der Waals surface area (Å²) in [5.74, 6) is 2.00. The minimum absolute atomic E-state index is 0.389. The molecule has 1 aromatic rings. The van der Waals surface area contributed by atoms with Crippen LogP contribution >= 0.6 is 0 Å². The third kappa shape index (κ3) is 2.92. The molecule has 0 radical (unpaired) electrons. The third-order valence-electron chi connectivity index (χ3n) is 3.82. The van der Waals surface area contributed by atoms with Gasteiger partial charge in [0, 0.05) is 5.56 Å². The predicted octanol–water partition coefficient (Wildman–Crippen LogP) is 3.42. The molecule has 0 heterocycles. The van der Waals surface area contributed by atoms with Crippen molar-refractivity contribution in [3.63, 3.8) is 0 Å². The Kier molecular flexibility index (Phi) is 4.04. The number of hydrogen-bond donors (Lipinski definition) is 1. The van der Waals surface area contributed by atoms with Crippen LogP contribution in [0.3, 0.4) is 0 Å². The van der Waals surface area contributed by atoms with Crippen molar-refractivity contribution in [2.75, 3.05) is 0 Å². The molecule has 1 fully saturated rings. The number of rotatable bonds is 4. The lowest BCUT2D eigenvalue weighted by molar-refractivity contribution is -0.139. The van der Waals surface area contributed by atoms with Gasteiger partial charge in [0.1, 0.15) is 0 Å². The third-order valence-corrected chi connectivity index (χ3v) is 3.82. The van der Waals surface area contributed by atoms with Crippen molar-refractivity contribution in [2.45, 2.75) is 38.0 Å². The van der Waals surface area contributed by atoms with E-state index in [1.807, 2.05) is 24.3 Å². The van der Waals surface area contributed by atoms with Crippen LogP contribution < -0.4 is 0 Å². The van der Waals surface area contributed by atoms with Crippen molar-refractivity contribution < 1.29 is 9.90 Å². The summed E-state index contributed by atoms with van der Waals surface area (Å²) >= 11 is 0. The first kappa shape index (κ1) is 12.7. The lowest BCUT2D eigenvalue weighted by Crippen LogP contribution is -2.15. The molecule has 1 aliphatic rings. The van der Waals surface area contributed by atoms with Gasteiger partial charge in [-0.3, -0.25) is 4.79 Å². The second-order valence-corrected chi connectivity index (χ2v) is 5.04. The van der Waals surface area contributed by atoms with E-state index in [0.717, 1.165) is 17.5 Å². The van der Waals surface area contributed by atoms with Crippen LogP contribution in [0.5, 0.6) is 0 Å². The van der Waals surface area contributed by atoms with Gasteiger partial charge >= 0.3 is 5.97 Å². The van der Waals surface area contributed by atoms with Gasteiger partial charge in [0.15, 0.2) is 0 Å². The number of benzene rings is 1. The second-order valence-electron chi connectivity index (χ2n) is 5.04. The Morgan fingerprint density at radius 2 is 1.94 bits per heavy atom. The Hall–Kier alpha value is -1.75. The smallest absolute Gasteiger partial charge is 0.310 e. The number of aliphatic carboxylic acids is 1. The normalized spacial score (nSPS) is 17.3. The second kappa shape index (κ2) is 5.73. The molecular formula is C16H18O2. The highest BCUT2D eigenvalue weighted by Crippen LogP contribution is 2.34. The molecule has 0 saturated heterocycles. The Morgan fingerprint density at radius 3 is 2.44 bits per heavy atom. The fourth-order valence-corrected chi connectivity index (χ4v) is 2.77. The minimum Gasteiger partial charge on any atom is -0.481 e. The molecule has 0 bridgehead atoms. The zero-order chi connectivity index (χ0) is 13.0. The van der Waals surface area contributed by atoms with E-state index in [4.69, 9.17) is 6.42 Å². The van der Waals surface area contributed by atoms with Gasteiger partial charge in [0.2, 0.25) is 0 Å². The molecule has 1 unspecified atom stereocenters. The molecule has 1 saturated carbocycles. The monoisotopic (exact) mass is 242 g/mol. The van der Waals surface area contributed by atoms with Crippen LogP contribution in [0.15, 0.2) is 24.3 Å². The minimum atomic E-state index is -0.727. The van der Waals surface area contributed by atoms with Crippen molar-refractivity contribution in [1.29, 1.82) is 0 Å². The van der Waals surface area contributed by atoms with E-state index < -0.39 is 5.97 Å². The molecule has 1 N–H and O–H groups in total. The molecule has 1 atom stereocenters. The van der Waals surface area contributed by atoms with Crippen molar-refractivity contribution >= 4 is 5.97 Å². The SMILES string of the molecule is C#Cc1ccc(C(CC2CCCC2)C(=O)O)cc1. The molecule has 2 rings (SSSR count). The van der Waals surface area contributed by atoms with Crippen LogP contribution in [-0.4, -0.2) is 11.1 Å². The van der Waals surface area contributed by atoms with Gasteiger partial charge in [-0.15, -0.1) is 6.42 Å². The molecule has 0 spiro atoms. The Balaban J connectivity index is 2.13.